The number of anilines is 2. The van der Waals surface area contributed by atoms with E-state index in [9.17, 15) is 18.7 Å². The number of aliphatic hydroxyl groups is 1. The number of alkyl halides is 2. The van der Waals surface area contributed by atoms with E-state index in [0.29, 0.717) is 36.7 Å². The van der Waals surface area contributed by atoms with Gasteiger partial charge < -0.3 is 14.9 Å². The Morgan fingerprint density at radius 1 is 1.24 bits per heavy atom. The van der Waals surface area contributed by atoms with Gasteiger partial charge in [-0.25, -0.2) is 13.8 Å². The predicted octanol–water partition coefficient (Wildman–Crippen LogP) is 4.70. The van der Waals surface area contributed by atoms with Crippen molar-refractivity contribution < 1.29 is 18.7 Å². The molecule has 0 unspecified atom stereocenters. The van der Waals surface area contributed by atoms with E-state index in [2.05, 4.69) is 4.98 Å². The molecular formula is C24H35F2N5O2. The molecule has 0 bridgehead atoms. The Labute approximate surface area is 194 Å². The first-order valence-corrected chi connectivity index (χ1v) is 11.8. The molecule has 0 atom stereocenters. The molecule has 1 aliphatic carbocycles. The number of aliphatic hydroxyl groups excluding tert-OH is 1. The molecule has 7 nitrogen and oxygen atoms in total. The third-order valence-electron chi connectivity index (χ3n) is 6.55. The zero-order valence-corrected chi connectivity index (χ0v) is 20.2. The molecule has 0 radical (unpaired) electrons. The van der Waals surface area contributed by atoms with Gasteiger partial charge in [-0.1, -0.05) is 13.8 Å². The summed E-state index contributed by atoms with van der Waals surface area (Å²) >= 11 is 0. The number of aromatic nitrogens is 3. The van der Waals surface area contributed by atoms with Gasteiger partial charge in [-0.3, -0.25) is 9.48 Å². The van der Waals surface area contributed by atoms with E-state index in [4.69, 9.17) is 5.10 Å². The van der Waals surface area contributed by atoms with Crippen molar-refractivity contribution in [1.82, 2.24) is 19.7 Å². The Morgan fingerprint density at radius 2 is 1.91 bits per heavy atom. The number of carbonyl (C=O) groups is 1. The topological polar surface area (TPSA) is 74.5 Å². The number of fused-ring (bicyclic) bond motifs is 1. The Balaban J connectivity index is 0.00000149. The van der Waals surface area contributed by atoms with Crippen LogP contribution in [-0.2, 0) is 17.8 Å². The maximum atomic E-state index is 13.4. The van der Waals surface area contributed by atoms with E-state index < -0.39 is 6.43 Å². The van der Waals surface area contributed by atoms with Crippen molar-refractivity contribution in [3.05, 3.63) is 34.6 Å². The Bertz CT molecular complexity index is 970. The van der Waals surface area contributed by atoms with Crippen molar-refractivity contribution in [2.75, 3.05) is 18.5 Å². The molecular weight excluding hydrogens is 428 g/mol. The Morgan fingerprint density at radius 3 is 2.52 bits per heavy atom. The molecule has 0 aromatic carbocycles. The molecule has 1 amide bonds. The first-order chi connectivity index (χ1) is 15.8. The van der Waals surface area contributed by atoms with E-state index in [1.54, 1.807) is 30.7 Å². The minimum Gasteiger partial charge on any atom is -0.393 e. The first-order valence-electron chi connectivity index (χ1n) is 11.8. The molecule has 1 fully saturated rings. The summed E-state index contributed by atoms with van der Waals surface area (Å²) in [6, 6.07) is 1.60. The number of hydrogen-bond donors (Lipinski definition) is 1. The van der Waals surface area contributed by atoms with Crippen LogP contribution in [0, 0.1) is 6.92 Å². The summed E-state index contributed by atoms with van der Waals surface area (Å²) < 4.78 is 28.9. The van der Waals surface area contributed by atoms with Crippen molar-refractivity contribution in [3.8, 4) is 0 Å². The Hall–Kier alpha value is -2.55. The van der Waals surface area contributed by atoms with Gasteiger partial charge in [0.1, 0.15) is 5.82 Å². The van der Waals surface area contributed by atoms with Crippen LogP contribution in [-0.4, -0.2) is 50.4 Å². The maximum Gasteiger partial charge on any atom is 0.264 e. The fraction of sp³-hybridized carbons (Fsp3) is 0.625. The van der Waals surface area contributed by atoms with E-state index in [-0.39, 0.29) is 23.6 Å². The molecule has 2 aromatic rings. The van der Waals surface area contributed by atoms with Gasteiger partial charge in [0.25, 0.3) is 6.43 Å². The molecule has 2 aromatic heterocycles. The van der Waals surface area contributed by atoms with Gasteiger partial charge >= 0.3 is 0 Å². The fourth-order valence-electron chi connectivity index (χ4n) is 4.63. The van der Waals surface area contributed by atoms with E-state index >= 15 is 0 Å². The lowest BCUT2D eigenvalue weighted by Crippen LogP contribution is -2.35. The summed E-state index contributed by atoms with van der Waals surface area (Å²) in [6.45, 7) is 8.24. The van der Waals surface area contributed by atoms with Crippen molar-refractivity contribution >= 4 is 17.5 Å². The van der Waals surface area contributed by atoms with Crippen LogP contribution >= 0.6 is 0 Å². The SMILES string of the molecule is CC.CC(=O)N1CCc2c(c(N(C)c3cc(C(F)F)c(C)cn3)nn2C2CCC(O)CC2)C1. The summed E-state index contributed by atoms with van der Waals surface area (Å²) in [5, 5.41) is 14.8. The van der Waals surface area contributed by atoms with E-state index in [0.717, 1.165) is 36.9 Å². The van der Waals surface area contributed by atoms with Crippen LogP contribution in [0.4, 0.5) is 20.4 Å². The van der Waals surface area contributed by atoms with Crippen LogP contribution < -0.4 is 4.90 Å². The molecule has 182 valence electrons. The lowest BCUT2D eigenvalue weighted by molar-refractivity contribution is -0.129. The molecule has 0 saturated heterocycles. The van der Waals surface area contributed by atoms with Crippen LogP contribution in [0.25, 0.3) is 0 Å². The third-order valence-corrected chi connectivity index (χ3v) is 6.55. The van der Waals surface area contributed by atoms with Gasteiger partial charge in [0.15, 0.2) is 5.82 Å². The molecule has 9 heteroatoms. The van der Waals surface area contributed by atoms with Crippen molar-refractivity contribution in [1.29, 1.82) is 0 Å². The highest BCUT2D eigenvalue weighted by Gasteiger charge is 2.32. The summed E-state index contributed by atoms with van der Waals surface area (Å²) in [7, 11) is 1.78. The highest BCUT2D eigenvalue weighted by atomic mass is 19.3. The lowest BCUT2D eigenvalue weighted by atomic mass is 9.92. The highest BCUT2D eigenvalue weighted by molar-refractivity contribution is 5.74. The standard InChI is InChI=1S/C22H29F2N5O2.C2H6/c1-13-11-25-20(10-17(13)21(23)24)27(3)22-18-12-28(14(2)30)9-8-19(18)29(26-22)15-4-6-16(31)7-5-15;1-2/h10-11,15-16,21,31H,4-9,12H2,1-3H3;1-2H3. The second kappa shape index (κ2) is 10.6. The highest BCUT2D eigenvalue weighted by Crippen LogP contribution is 2.37. The van der Waals surface area contributed by atoms with Crippen LogP contribution in [0.1, 0.15) is 81.3 Å². The Kier molecular flexibility index (Phi) is 8.05. The molecule has 1 aliphatic heterocycles. The fourth-order valence-corrected chi connectivity index (χ4v) is 4.63. The second-order valence-electron chi connectivity index (χ2n) is 8.61. The summed E-state index contributed by atoms with van der Waals surface area (Å²) in [5.74, 6) is 1.04. The minimum absolute atomic E-state index is 0.00115. The number of nitrogens with zero attached hydrogens (tertiary/aromatic N) is 5. The van der Waals surface area contributed by atoms with Gasteiger partial charge in [0, 0.05) is 50.0 Å². The monoisotopic (exact) mass is 463 g/mol. The molecule has 33 heavy (non-hydrogen) atoms. The van der Waals surface area contributed by atoms with E-state index in [1.807, 2.05) is 18.5 Å². The second-order valence-corrected chi connectivity index (χ2v) is 8.61. The van der Waals surface area contributed by atoms with Crippen LogP contribution in [0.5, 0.6) is 0 Å². The van der Waals surface area contributed by atoms with Crippen LogP contribution in [0.3, 0.4) is 0 Å². The predicted molar refractivity (Wildman–Crippen MR) is 124 cm³/mol. The lowest BCUT2D eigenvalue weighted by Gasteiger charge is -2.30. The first kappa shape index (κ1) is 25.1. The molecule has 2 aliphatic rings. The summed E-state index contributed by atoms with van der Waals surface area (Å²) in [6.07, 6.45) is 2.47. The average molecular weight is 464 g/mol. The zero-order valence-electron chi connectivity index (χ0n) is 20.2. The van der Waals surface area contributed by atoms with Gasteiger partial charge in [-0.15, -0.1) is 0 Å². The average Bonchev–Trinajstić information content (AvgIpc) is 3.19. The number of aryl methyl sites for hydroxylation is 1. The number of pyridine rings is 1. The van der Waals surface area contributed by atoms with Crippen molar-refractivity contribution in [2.24, 2.45) is 0 Å². The number of amides is 1. The molecule has 3 heterocycles. The van der Waals surface area contributed by atoms with E-state index in [1.165, 1.54) is 12.3 Å². The molecule has 1 saturated carbocycles. The molecule has 0 spiro atoms. The maximum absolute atomic E-state index is 13.4. The van der Waals surface area contributed by atoms with Crippen LogP contribution in [0.15, 0.2) is 12.3 Å². The zero-order chi connectivity index (χ0) is 24.3. The van der Waals surface area contributed by atoms with Gasteiger partial charge in [-0.05, 0) is 44.2 Å². The normalized spacial score (nSPS) is 20.2. The van der Waals surface area contributed by atoms with Crippen molar-refractivity contribution in [3.63, 3.8) is 0 Å². The van der Waals surface area contributed by atoms with Gasteiger partial charge in [0.05, 0.1) is 18.7 Å². The quantitative estimate of drug-likeness (QED) is 0.712. The molecule has 4 rings (SSSR count). The van der Waals surface area contributed by atoms with Gasteiger partial charge in [0.2, 0.25) is 5.91 Å². The number of hydrogen-bond acceptors (Lipinski definition) is 5. The number of carbonyl (C=O) groups excluding carboxylic acids is 1. The third kappa shape index (κ3) is 5.18. The van der Waals surface area contributed by atoms with Gasteiger partial charge in [-0.2, -0.15) is 5.10 Å². The van der Waals surface area contributed by atoms with Crippen LogP contribution in [0.2, 0.25) is 0 Å². The summed E-state index contributed by atoms with van der Waals surface area (Å²) in [5.41, 5.74) is 2.43. The minimum atomic E-state index is -2.58. The van der Waals surface area contributed by atoms with Crippen molar-refractivity contribution in [2.45, 2.75) is 84.9 Å². The smallest absolute Gasteiger partial charge is 0.264 e. The summed E-state index contributed by atoms with van der Waals surface area (Å²) in [4.78, 5) is 19.9. The largest absolute Gasteiger partial charge is 0.393 e. The molecule has 1 N–H and O–H groups in total. The number of halogens is 2. The number of rotatable bonds is 4.